The predicted molar refractivity (Wildman–Crippen MR) is 76.0 cm³/mol. The molecule has 1 aromatic carbocycles. The number of hydrogen-bond donors (Lipinski definition) is 1. The Morgan fingerprint density at radius 2 is 2.00 bits per heavy atom. The third-order valence-electron chi connectivity index (χ3n) is 3.61. The SMILES string of the molecule is Cc1c(C(=O)NCC(=O)N2CCCC2)cccc1[N+](=O)[O-]. The van der Waals surface area contributed by atoms with Crippen LogP contribution in [0.25, 0.3) is 0 Å². The largest absolute Gasteiger partial charge is 0.343 e. The second kappa shape index (κ2) is 6.34. The van der Waals surface area contributed by atoms with Crippen LogP contribution < -0.4 is 5.32 Å². The molecule has 1 aliphatic heterocycles. The van der Waals surface area contributed by atoms with Gasteiger partial charge in [0.05, 0.1) is 11.5 Å². The Kier molecular flexibility index (Phi) is 4.52. The van der Waals surface area contributed by atoms with E-state index in [9.17, 15) is 19.7 Å². The lowest BCUT2D eigenvalue weighted by Crippen LogP contribution is -2.38. The lowest BCUT2D eigenvalue weighted by molar-refractivity contribution is -0.385. The quantitative estimate of drug-likeness (QED) is 0.667. The number of likely N-dealkylation sites (tertiary alicyclic amines) is 1. The van der Waals surface area contributed by atoms with Crippen molar-refractivity contribution in [3.63, 3.8) is 0 Å². The van der Waals surface area contributed by atoms with Crippen LogP contribution in [-0.2, 0) is 4.79 Å². The predicted octanol–water partition coefficient (Wildman–Crippen LogP) is 1.26. The molecule has 1 heterocycles. The summed E-state index contributed by atoms with van der Waals surface area (Å²) in [6, 6.07) is 4.32. The van der Waals surface area contributed by atoms with Crippen molar-refractivity contribution in [2.75, 3.05) is 19.6 Å². The molecule has 1 N–H and O–H groups in total. The number of benzene rings is 1. The lowest BCUT2D eigenvalue weighted by atomic mass is 10.1. The highest BCUT2D eigenvalue weighted by Crippen LogP contribution is 2.20. The van der Waals surface area contributed by atoms with Gasteiger partial charge in [-0.15, -0.1) is 0 Å². The van der Waals surface area contributed by atoms with Crippen molar-refractivity contribution in [1.29, 1.82) is 0 Å². The Hall–Kier alpha value is -2.44. The van der Waals surface area contributed by atoms with Crippen LogP contribution in [0.15, 0.2) is 18.2 Å². The first-order valence-electron chi connectivity index (χ1n) is 6.80. The Labute approximate surface area is 122 Å². The fourth-order valence-electron chi connectivity index (χ4n) is 2.40. The third-order valence-corrected chi connectivity index (χ3v) is 3.61. The first-order valence-corrected chi connectivity index (χ1v) is 6.80. The van der Waals surface area contributed by atoms with Gasteiger partial charge >= 0.3 is 0 Å². The van der Waals surface area contributed by atoms with Gasteiger partial charge in [-0.25, -0.2) is 0 Å². The molecule has 112 valence electrons. The molecule has 2 rings (SSSR count). The van der Waals surface area contributed by atoms with Gasteiger partial charge in [0.15, 0.2) is 0 Å². The van der Waals surface area contributed by atoms with Gasteiger partial charge in [-0.1, -0.05) is 6.07 Å². The molecule has 0 saturated carbocycles. The van der Waals surface area contributed by atoms with Gasteiger partial charge < -0.3 is 10.2 Å². The molecule has 2 amide bonds. The van der Waals surface area contributed by atoms with Crippen molar-refractivity contribution in [3.05, 3.63) is 39.4 Å². The fraction of sp³-hybridized carbons (Fsp3) is 0.429. The van der Waals surface area contributed by atoms with Crippen molar-refractivity contribution in [1.82, 2.24) is 10.2 Å². The van der Waals surface area contributed by atoms with Crippen molar-refractivity contribution in [2.45, 2.75) is 19.8 Å². The lowest BCUT2D eigenvalue weighted by Gasteiger charge is -2.15. The number of amides is 2. The number of rotatable bonds is 4. The van der Waals surface area contributed by atoms with E-state index in [1.807, 2.05) is 0 Å². The first-order chi connectivity index (χ1) is 10.0. The summed E-state index contributed by atoms with van der Waals surface area (Å²) in [7, 11) is 0. The third kappa shape index (κ3) is 3.36. The highest BCUT2D eigenvalue weighted by atomic mass is 16.6. The van der Waals surface area contributed by atoms with Crippen LogP contribution in [0.4, 0.5) is 5.69 Å². The summed E-state index contributed by atoms with van der Waals surface area (Å²) >= 11 is 0. The molecule has 1 fully saturated rings. The van der Waals surface area contributed by atoms with Crippen LogP contribution in [0.5, 0.6) is 0 Å². The second-order valence-corrected chi connectivity index (χ2v) is 4.98. The number of nitrogens with one attached hydrogen (secondary N) is 1. The maximum absolute atomic E-state index is 12.1. The van der Waals surface area contributed by atoms with E-state index in [2.05, 4.69) is 5.32 Å². The average molecular weight is 291 g/mol. The average Bonchev–Trinajstić information content (AvgIpc) is 2.98. The van der Waals surface area contributed by atoms with E-state index >= 15 is 0 Å². The van der Waals surface area contributed by atoms with Crippen molar-refractivity contribution >= 4 is 17.5 Å². The van der Waals surface area contributed by atoms with Crippen molar-refractivity contribution in [2.24, 2.45) is 0 Å². The van der Waals surface area contributed by atoms with Crippen LogP contribution in [0.2, 0.25) is 0 Å². The van der Waals surface area contributed by atoms with Crippen LogP contribution in [0, 0.1) is 17.0 Å². The molecule has 0 radical (unpaired) electrons. The zero-order valence-corrected chi connectivity index (χ0v) is 11.8. The molecule has 1 saturated heterocycles. The Morgan fingerprint density at radius 1 is 1.33 bits per heavy atom. The first kappa shape index (κ1) is 15.0. The molecule has 7 heteroatoms. The summed E-state index contributed by atoms with van der Waals surface area (Å²) in [4.78, 5) is 35.9. The fourth-order valence-corrected chi connectivity index (χ4v) is 2.40. The molecule has 0 aromatic heterocycles. The van der Waals surface area contributed by atoms with E-state index in [-0.39, 0.29) is 23.7 Å². The van der Waals surface area contributed by atoms with Crippen molar-refractivity contribution in [3.8, 4) is 0 Å². The number of carbonyl (C=O) groups is 2. The van der Waals surface area contributed by atoms with Gasteiger partial charge in [0.1, 0.15) is 0 Å². The summed E-state index contributed by atoms with van der Waals surface area (Å²) in [5, 5.41) is 13.4. The zero-order chi connectivity index (χ0) is 15.4. The molecule has 0 unspecified atom stereocenters. The molecule has 0 spiro atoms. The van der Waals surface area contributed by atoms with E-state index in [4.69, 9.17) is 0 Å². The normalized spacial score (nSPS) is 14.0. The number of nitrogens with zero attached hydrogens (tertiary/aromatic N) is 2. The van der Waals surface area contributed by atoms with Gasteiger partial charge in [-0.05, 0) is 25.8 Å². The van der Waals surface area contributed by atoms with Crippen LogP contribution in [0.1, 0.15) is 28.8 Å². The van der Waals surface area contributed by atoms with E-state index in [1.165, 1.54) is 25.1 Å². The van der Waals surface area contributed by atoms with Crippen LogP contribution in [0.3, 0.4) is 0 Å². The van der Waals surface area contributed by atoms with Crippen LogP contribution >= 0.6 is 0 Å². The molecule has 1 aromatic rings. The van der Waals surface area contributed by atoms with Crippen molar-refractivity contribution < 1.29 is 14.5 Å². The highest BCUT2D eigenvalue weighted by Gasteiger charge is 2.21. The van der Waals surface area contributed by atoms with Gasteiger partial charge in [-0.3, -0.25) is 19.7 Å². The molecule has 1 aliphatic rings. The summed E-state index contributed by atoms with van der Waals surface area (Å²) in [5.41, 5.74) is 0.417. The maximum atomic E-state index is 12.1. The summed E-state index contributed by atoms with van der Waals surface area (Å²) in [5.74, 6) is -0.590. The monoisotopic (exact) mass is 291 g/mol. The molecular weight excluding hydrogens is 274 g/mol. The zero-order valence-electron chi connectivity index (χ0n) is 11.8. The molecule has 21 heavy (non-hydrogen) atoms. The Morgan fingerprint density at radius 3 is 2.62 bits per heavy atom. The summed E-state index contributed by atoms with van der Waals surface area (Å²) in [6.45, 7) is 2.89. The molecular formula is C14H17N3O4. The molecule has 0 atom stereocenters. The maximum Gasteiger partial charge on any atom is 0.273 e. The highest BCUT2D eigenvalue weighted by molar-refractivity contribution is 5.98. The van der Waals surface area contributed by atoms with Gasteiger partial charge in [-0.2, -0.15) is 0 Å². The number of nitro groups is 1. The smallest absolute Gasteiger partial charge is 0.273 e. The van der Waals surface area contributed by atoms with E-state index in [0.717, 1.165) is 25.9 Å². The Balaban J connectivity index is 2.02. The number of nitro benzene ring substituents is 1. The van der Waals surface area contributed by atoms with Gasteiger partial charge in [0.2, 0.25) is 5.91 Å². The second-order valence-electron chi connectivity index (χ2n) is 4.98. The minimum atomic E-state index is -0.526. The standard InChI is InChI=1S/C14H17N3O4/c1-10-11(5-4-6-12(10)17(20)21)14(19)15-9-13(18)16-7-2-3-8-16/h4-6H,2-3,7-9H2,1H3,(H,15,19). The van der Waals surface area contributed by atoms with E-state index < -0.39 is 10.8 Å². The minimum absolute atomic E-state index is 0.0824. The number of carbonyl (C=O) groups excluding carboxylic acids is 2. The Bertz CT molecular complexity index is 580. The molecule has 7 nitrogen and oxygen atoms in total. The van der Waals surface area contributed by atoms with Gasteiger partial charge in [0.25, 0.3) is 11.6 Å². The van der Waals surface area contributed by atoms with E-state index in [0.29, 0.717) is 5.56 Å². The van der Waals surface area contributed by atoms with Crippen LogP contribution in [-0.4, -0.2) is 41.3 Å². The van der Waals surface area contributed by atoms with E-state index in [1.54, 1.807) is 4.90 Å². The summed E-state index contributed by atoms with van der Waals surface area (Å²) < 4.78 is 0. The topological polar surface area (TPSA) is 92.6 Å². The molecule has 0 aliphatic carbocycles. The summed E-state index contributed by atoms with van der Waals surface area (Å²) in [6.07, 6.45) is 1.98. The number of hydrogen-bond acceptors (Lipinski definition) is 4. The molecule has 0 bridgehead atoms. The minimum Gasteiger partial charge on any atom is -0.343 e. The van der Waals surface area contributed by atoms with Gasteiger partial charge in [0, 0.05) is 30.3 Å².